The Hall–Kier alpha value is -2.09. The first kappa shape index (κ1) is 21.2. The van der Waals surface area contributed by atoms with Gasteiger partial charge in [0.25, 0.3) is 0 Å². The lowest BCUT2D eigenvalue weighted by molar-refractivity contribution is -0.131. The first-order valence-electron chi connectivity index (χ1n) is 9.01. The summed E-state index contributed by atoms with van der Waals surface area (Å²) >= 11 is 0. The molecule has 0 aromatic heterocycles. The van der Waals surface area contributed by atoms with Crippen LogP contribution in [0.2, 0.25) is 0 Å². The van der Waals surface area contributed by atoms with Crippen LogP contribution in [0.5, 0.6) is 0 Å². The average Bonchev–Trinajstić information content (AvgIpc) is 3.06. The number of hydrogen-bond donors (Lipinski definition) is 2. The molecule has 0 bridgehead atoms. The van der Waals surface area contributed by atoms with Crippen molar-refractivity contribution in [3.8, 4) is 0 Å². The average molecular weight is 478 g/mol. The summed E-state index contributed by atoms with van der Waals surface area (Å²) in [5.41, 5.74) is 11.8. The van der Waals surface area contributed by atoms with Crippen LogP contribution in [0, 0.1) is 13.8 Å². The van der Waals surface area contributed by atoms with Gasteiger partial charge in [0.1, 0.15) is 0 Å². The number of carbonyl (C=O) groups excluding carboxylic acids is 1. The molecule has 2 aromatic carbocycles. The third-order valence-electron chi connectivity index (χ3n) is 4.80. The molecule has 0 spiro atoms. The van der Waals surface area contributed by atoms with Crippen LogP contribution in [0.4, 0.5) is 5.69 Å². The quantitative estimate of drug-likeness (QED) is 0.296. The molecule has 3 rings (SSSR count). The third kappa shape index (κ3) is 5.69. The summed E-state index contributed by atoms with van der Waals surface area (Å²) in [6, 6.07) is 14.3. The molecular weight excluding hydrogens is 451 g/mol. The van der Waals surface area contributed by atoms with Crippen LogP contribution in [0.3, 0.4) is 0 Å². The predicted molar refractivity (Wildman–Crippen MR) is 121 cm³/mol. The summed E-state index contributed by atoms with van der Waals surface area (Å²) in [6.07, 6.45) is 1.19. The van der Waals surface area contributed by atoms with E-state index in [1.54, 1.807) is 0 Å². The van der Waals surface area contributed by atoms with Crippen molar-refractivity contribution in [1.82, 2.24) is 4.90 Å². The Kier molecular flexibility index (Phi) is 7.65. The van der Waals surface area contributed by atoms with E-state index in [0.29, 0.717) is 25.3 Å². The predicted octanol–water partition coefficient (Wildman–Crippen LogP) is 3.97. The van der Waals surface area contributed by atoms with Crippen molar-refractivity contribution in [3.63, 3.8) is 0 Å². The zero-order chi connectivity index (χ0) is 18.5. The van der Waals surface area contributed by atoms with Gasteiger partial charge in [-0.1, -0.05) is 30.3 Å². The first-order valence-corrected chi connectivity index (χ1v) is 9.01. The van der Waals surface area contributed by atoms with E-state index >= 15 is 0 Å². The van der Waals surface area contributed by atoms with E-state index in [0.717, 1.165) is 18.8 Å². The van der Waals surface area contributed by atoms with Crippen molar-refractivity contribution in [2.45, 2.75) is 39.8 Å². The molecule has 3 N–H and O–H groups in total. The summed E-state index contributed by atoms with van der Waals surface area (Å²) in [6.45, 7) is 6.11. The summed E-state index contributed by atoms with van der Waals surface area (Å²) in [5, 5.41) is 3.10. The lowest BCUT2D eigenvalue weighted by Crippen LogP contribution is -2.25. The SMILES string of the molecule is Cc1ccc(NC(N)=NCCCC(=O)N2Cc3ccccc3C2)cc1C.I. The van der Waals surface area contributed by atoms with Gasteiger partial charge < -0.3 is 16.0 Å². The highest BCUT2D eigenvalue weighted by molar-refractivity contribution is 14.0. The number of aryl methyl sites for hydroxylation is 2. The Morgan fingerprint density at radius 2 is 1.78 bits per heavy atom. The van der Waals surface area contributed by atoms with Gasteiger partial charge in [-0.15, -0.1) is 24.0 Å². The number of hydrogen-bond acceptors (Lipinski definition) is 2. The van der Waals surface area contributed by atoms with E-state index in [1.807, 2.05) is 29.2 Å². The molecular formula is C21H27IN4O. The van der Waals surface area contributed by atoms with Crippen LogP contribution in [0.1, 0.15) is 35.1 Å². The third-order valence-corrected chi connectivity index (χ3v) is 4.80. The normalized spacial score (nSPS) is 13.1. The highest BCUT2D eigenvalue weighted by atomic mass is 127. The van der Waals surface area contributed by atoms with Crippen LogP contribution in [-0.4, -0.2) is 23.3 Å². The summed E-state index contributed by atoms with van der Waals surface area (Å²) in [7, 11) is 0. The van der Waals surface area contributed by atoms with Gasteiger partial charge in [-0.3, -0.25) is 9.79 Å². The maximum atomic E-state index is 12.3. The fourth-order valence-electron chi connectivity index (χ4n) is 3.10. The van der Waals surface area contributed by atoms with Crippen molar-refractivity contribution in [1.29, 1.82) is 0 Å². The number of fused-ring (bicyclic) bond motifs is 1. The van der Waals surface area contributed by atoms with Gasteiger partial charge >= 0.3 is 0 Å². The summed E-state index contributed by atoms with van der Waals surface area (Å²) < 4.78 is 0. The second kappa shape index (κ2) is 9.73. The number of nitrogens with two attached hydrogens (primary N) is 1. The Labute approximate surface area is 178 Å². The Morgan fingerprint density at radius 1 is 1.11 bits per heavy atom. The second-order valence-electron chi connectivity index (χ2n) is 6.81. The van der Waals surface area contributed by atoms with Crippen LogP contribution in [0.15, 0.2) is 47.5 Å². The van der Waals surface area contributed by atoms with E-state index in [9.17, 15) is 4.79 Å². The minimum atomic E-state index is 0. The molecule has 0 fully saturated rings. The molecule has 1 heterocycles. The van der Waals surface area contributed by atoms with E-state index in [4.69, 9.17) is 5.73 Å². The molecule has 1 aliphatic heterocycles. The monoisotopic (exact) mass is 478 g/mol. The minimum Gasteiger partial charge on any atom is -0.370 e. The fraction of sp³-hybridized carbons (Fsp3) is 0.333. The fourth-order valence-corrected chi connectivity index (χ4v) is 3.10. The number of amides is 1. The first-order chi connectivity index (χ1) is 12.5. The molecule has 0 unspecified atom stereocenters. The van der Waals surface area contributed by atoms with E-state index in [2.05, 4.69) is 42.4 Å². The van der Waals surface area contributed by atoms with Gasteiger partial charge in [0.05, 0.1) is 0 Å². The molecule has 6 heteroatoms. The van der Waals surface area contributed by atoms with E-state index in [-0.39, 0.29) is 29.9 Å². The van der Waals surface area contributed by atoms with Gasteiger partial charge in [-0.05, 0) is 54.7 Å². The number of nitrogens with zero attached hydrogens (tertiary/aromatic N) is 2. The largest absolute Gasteiger partial charge is 0.370 e. The van der Waals surface area contributed by atoms with Crippen LogP contribution >= 0.6 is 24.0 Å². The highest BCUT2D eigenvalue weighted by Gasteiger charge is 2.22. The smallest absolute Gasteiger partial charge is 0.223 e. The van der Waals surface area contributed by atoms with Crippen molar-refractivity contribution in [2.24, 2.45) is 10.7 Å². The molecule has 2 aromatic rings. The van der Waals surface area contributed by atoms with Gasteiger partial charge in [-0.25, -0.2) is 0 Å². The number of carbonyl (C=O) groups is 1. The zero-order valence-electron chi connectivity index (χ0n) is 15.9. The molecule has 27 heavy (non-hydrogen) atoms. The van der Waals surface area contributed by atoms with Crippen LogP contribution < -0.4 is 11.1 Å². The molecule has 1 amide bonds. The molecule has 0 saturated carbocycles. The number of guanidine groups is 1. The number of aliphatic imine (C=N–C) groups is 1. The maximum Gasteiger partial charge on any atom is 0.223 e. The highest BCUT2D eigenvalue weighted by Crippen LogP contribution is 2.22. The molecule has 0 saturated heterocycles. The lowest BCUT2D eigenvalue weighted by Gasteiger charge is -2.15. The van der Waals surface area contributed by atoms with Gasteiger partial charge in [0.15, 0.2) is 5.96 Å². The number of halogens is 1. The lowest BCUT2D eigenvalue weighted by atomic mass is 10.1. The summed E-state index contributed by atoms with van der Waals surface area (Å²) in [4.78, 5) is 18.6. The maximum absolute atomic E-state index is 12.3. The topological polar surface area (TPSA) is 70.7 Å². The van der Waals surface area contributed by atoms with Gasteiger partial charge in [0, 0.05) is 31.7 Å². The second-order valence-corrected chi connectivity index (χ2v) is 6.81. The minimum absolute atomic E-state index is 0. The molecule has 0 aliphatic carbocycles. The number of rotatable bonds is 5. The molecule has 144 valence electrons. The summed E-state index contributed by atoms with van der Waals surface area (Å²) in [5.74, 6) is 0.561. The van der Waals surface area contributed by atoms with Crippen molar-refractivity contribution in [3.05, 3.63) is 64.7 Å². The standard InChI is InChI=1S/C21H26N4O.HI/c1-15-9-10-19(12-16(15)2)24-21(22)23-11-5-8-20(26)25-13-17-6-3-4-7-18(17)14-25;/h3-4,6-7,9-10,12H,5,8,11,13-14H2,1-2H3,(H3,22,23,24);1H. The van der Waals surface area contributed by atoms with Crippen LogP contribution in [-0.2, 0) is 17.9 Å². The van der Waals surface area contributed by atoms with Crippen molar-refractivity contribution >= 4 is 41.5 Å². The number of nitrogens with one attached hydrogen (secondary N) is 1. The zero-order valence-corrected chi connectivity index (χ0v) is 18.2. The molecule has 0 atom stereocenters. The van der Waals surface area contributed by atoms with E-state index < -0.39 is 0 Å². The Balaban J connectivity index is 0.00000261. The van der Waals surface area contributed by atoms with E-state index in [1.165, 1.54) is 22.3 Å². The van der Waals surface area contributed by atoms with Crippen molar-refractivity contribution in [2.75, 3.05) is 11.9 Å². The molecule has 1 aliphatic rings. The number of benzene rings is 2. The van der Waals surface area contributed by atoms with Gasteiger partial charge in [-0.2, -0.15) is 0 Å². The Morgan fingerprint density at radius 3 is 2.41 bits per heavy atom. The van der Waals surface area contributed by atoms with Crippen LogP contribution in [0.25, 0.3) is 0 Å². The van der Waals surface area contributed by atoms with Crippen molar-refractivity contribution < 1.29 is 4.79 Å². The molecule has 5 nitrogen and oxygen atoms in total. The van der Waals surface area contributed by atoms with Gasteiger partial charge in [0.2, 0.25) is 5.91 Å². The number of anilines is 1. The Bertz CT molecular complexity index is 810. The molecule has 0 radical (unpaired) electrons.